The minimum absolute atomic E-state index is 0.0113. The number of hydrogen-bond donors (Lipinski definition) is 1. The van der Waals surface area contributed by atoms with E-state index in [1.54, 1.807) is 27.6 Å². The van der Waals surface area contributed by atoms with Crippen LogP contribution < -0.4 is 10.2 Å². The molecule has 1 aromatic carbocycles. The predicted octanol–water partition coefficient (Wildman–Crippen LogP) is 2.53. The third kappa shape index (κ3) is 2.48. The molecule has 130 valence electrons. The molecular weight excluding hydrogens is 333 g/mol. The Hall–Kier alpha value is -3.35. The number of nitrogens with zero attached hydrogens (tertiary/aromatic N) is 4. The molecule has 0 radical (unpaired) electrons. The van der Waals surface area contributed by atoms with E-state index in [-0.39, 0.29) is 5.56 Å². The minimum atomic E-state index is -0.575. The Labute approximate surface area is 148 Å². The van der Waals surface area contributed by atoms with Gasteiger partial charge < -0.3 is 4.57 Å². The van der Waals surface area contributed by atoms with E-state index in [9.17, 15) is 9.18 Å². The van der Waals surface area contributed by atoms with E-state index in [1.165, 1.54) is 6.20 Å². The summed E-state index contributed by atoms with van der Waals surface area (Å²) in [5, 5.41) is 8.67. The molecule has 0 aliphatic rings. The summed E-state index contributed by atoms with van der Waals surface area (Å²) in [5.41, 5.74) is 2.58. The molecule has 0 unspecified atom stereocenters. The Balaban J connectivity index is 1.84. The molecule has 6 nitrogen and oxygen atoms in total. The zero-order chi connectivity index (χ0) is 18.3. The number of rotatable bonds is 3. The van der Waals surface area contributed by atoms with E-state index >= 15 is 0 Å². The second-order valence-corrected chi connectivity index (χ2v) is 6.00. The quantitative estimate of drug-likeness (QED) is 0.456. The molecule has 0 fully saturated rings. The van der Waals surface area contributed by atoms with Crippen LogP contribution in [-0.2, 0) is 6.54 Å². The Bertz CT molecular complexity index is 1180. The molecule has 0 aliphatic carbocycles. The van der Waals surface area contributed by atoms with Crippen LogP contribution >= 0.6 is 0 Å². The monoisotopic (exact) mass is 350 g/mol. The van der Waals surface area contributed by atoms with Gasteiger partial charge in [-0.1, -0.05) is 5.21 Å². The SMILES string of the molecule is CCn1ccc2cc(-c3n[nH][n+](-c4cccnc4F)c3C)ccc2c1=O. The van der Waals surface area contributed by atoms with E-state index in [2.05, 4.69) is 15.3 Å². The Kier molecular flexibility index (Phi) is 3.84. The Morgan fingerprint density at radius 1 is 1.27 bits per heavy atom. The van der Waals surface area contributed by atoms with Crippen molar-refractivity contribution < 1.29 is 9.07 Å². The highest BCUT2D eigenvalue weighted by Crippen LogP contribution is 2.23. The number of hydrogen-bond acceptors (Lipinski definition) is 3. The van der Waals surface area contributed by atoms with Crippen molar-refractivity contribution in [3.8, 4) is 16.9 Å². The maximum absolute atomic E-state index is 14.0. The molecule has 1 N–H and O–H groups in total. The normalized spacial score (nSPS) is 11.2. The summed E-state index contributed by atoms with van der Waals surface area (Å²) in [5.74, 6) is -0.575. The maximum Gasteiger partial charge on any atom is 0.262 e. The van der Waals surface area contributed by atoms with Gasteiger partial charge in [0.25, 0.3) is 17.2 Å². The van der Waals surface area contributed by atoms with Crippen molar-refractivity contribution in [2.75, 3.05) is 0 Å². The molecule has 26 heavy (non-hydrogen) atoms. The van der Waals surface area contributed by atoms with Gasteiger partial charge in [-0.25, -0.2) is 4.98 Å². The van der Waals surface area contributed by atoms with E-state index < -0.39 is 5.95 Å². The number of aromatic nitrogens is 5. The summed E-state index contributed by atoms with van der Waals surface area (Å²) in [4.78, 5) is 16.1. The van der Waals surface area contributed by atoms with Crippen molar-refractivity contribution in [3.63, 3.8) is 0 Å². The highest BCUT2D eigenvalue weighted by molar-refractivity contribution is 5.86. The van der Waals surface area contributed by atoms with Crippen LogP contribution in [0.2, 0.25) is 0 Å². The van der Waals surface area contributed by atoms with Crippen molar-refractivity contribution in [2.24, 2.45) is 0 Å². The van der Waals surface area contributed by atoms with E-state index in [4.69, 9.17) is 0 Å². The summed E-state index contributed by atoms with van der Waals surface area (Å²) in [6.07, 6.45) is 3.19. The zero-order valence-electron chi connectivity index (χ0n) is 14.4. The van der Waals surface area contributed by atoms with Gasteiger partial charge in [-0.15, -0.1) is 4.68 Å². The third-order valence-electron chi connectivity index (χ3n) is 4.51. The first kappa shape index (κ1) is 16.1. The smallest absolute Gasteiger partial charge is 0.262 e. The van der Waals surface area contributed by atoms with Crippen molar-refractivity contribution in [3.05, 3.63) is 70.8 Å². The number of pyridine rings is 2. The number of aromatic amines is 1. The zero-order valence-corrected chi connectivity index (χ0v) is 14.4. The fourth-order valence-electron chi connectivity index (χ4n) is 3.10. The van der Waals surface area contributed by atoms with Gasteiger partial charge in [0.2, 0.25) is 5.69 Å². The van der Waals surface area contributed by atoms with Gasteiger partial charge in [0.1, 0.15) is 0 Å². The van der Waals surface area contributed by atoms with Crippen LogP contribution in [0.25, 0.3) is 27.7 Å². The minimum Gasteiger partial charge on any atom is -0.315 e. The summed E-state index contributed by atoms with van der Waals surface area (Å²) < 4.78 is 17.2. The van der Waals surface area contributed by atoms with E-state index in [1.807, 2.05) is 38.1 Å². The van der Waals surface area contributed by atoms with E-state index in [0.717, 1.165) is 16.6 Å². The summed E-state index contributed by atoms with van der Waals surface area (Å²) >= 11 is 0. The van der Waals surface area contributed by atoms with Crippen LogP contribution in [0.3, 0.4) is 0 Å². The van der Waals surface area contributed by atoms with Crippen LogP contribution in [0.5, 0.6) is 0 Å². The predicted molar refractivity (Wildman–Crippen MR) is 95.5 cm³/mol. The number of aryl methyl sites for hydroxylation is 1. The maximum atomic E-state index is 14.0. The summed E-state index contributed by atoms with van der Waals surface area (Å²) in [6, 6.07) is 10.8. The van der Waals surface area contributed by atoms with Gasteiger partial charge in [0.05, 0.1) is 0 Å². The molecule has 0 bridgehead atoms. The molecule has 0 atom stereocenters. The van der Waals surface area contributed by atoms with Crippen molar-refractivity contribution in [1.29, 1.82) is 0 Å². The van der Waals surface area contributed by atoms with Crippen LogP contribution in [0, 0.1) is 12.9 Å². The lowest BCUT2D eigenvalue weighted by molar-refractivity contribution is -0.667. The van der Waals surface area contributed by atoms with Crippen molar-refractivity contribution in [1.82, 2.24) is 19.9 Å². The number of nitrogens with one attached hydrogen (secondary N) is 1. The standard InChI is InChI=1S/C19H16FN5O/c1-3-24-10-8-13-11-14(6-7-15(13)19(24)26)17-12(2)25(23-22-17)16-5-4-9-21-18(16)20/h4-11H,3H2,1-2H3/p+1. The largest absolute Gasteiger partial charge is 0.315 e. The van der Waals surface area contributed by atoms with Crippen LogP contribution in [0.4, 0.5) is 4.39 Å². The van der Waals surface area contributed by atoms with Crippen LogP contribution in [0.1, 0.15) is 12.6 Å². The first-order chi connectivity index (χ1) is 12.6. The highest BCUT2D eigenvalue weighted by atomic mass is 19.1. The molecule has 4 aromatic rings. The highest BCUT2D eigenvalue weighted by Gasteiger charge is 2.23. The van der Waals surface area contributed by atoms with Gasteiger partial charge in [-0.2, -0.15) is 4.39 Å². The number of benzene rings is 1. The average molecular weight is 350 g/mol. The van der Waals surface area contributed by atoms with Gasteiger partial charge in [-0.05, 0) is 48.7 Å². The number of fused-ring (bicyclic) bond motifs is 1. The van der Waals surface area contributed by atoms with Crippen LogP contribution in [-0.4, -0.2) is 19.9 Å². The second kappa shape index (κ2) is 6.18. The Morgan fingerprint density at radius 2 is 2.12 bits per heavy atom. The molecule has 0 saturated heterocycles. The lowest BCUT2D eigenvalue weighted by atomic mass is 10.1. The lowest BCUT2D eigenvalue weighted by Gasteiger charge is -2.04. The molecular formula is C19H17FN5O+. The third-order valence-corrected chi connectivity index (χ3v) is 4.51. The molecule has 0 spiro atoms. The van der Waals surface area contributed by atoms with Crippen molar-refractivity contribution in [2.45, 2.75) is 20.4 Å². The molecule has 0 saturated carbocycles. The molecule has 7 heteroatoms. The Morgan fingerprint density at radius 3 is 2.88 bits per heavy atom. The van der Waals surface area contributed by atoms with Crippen molar-refractivity contribution >= 4 is 10.8 Å². The van der Waals surface area contributed by atoms with Gasteiger partial charge in [-0.3, -0.25) is 4.79 Å². The average Bonchev–Trinajstić information content (AvgIpc) is 3.03. The van der Waals surface area contributed by atoms with E-state index in [0.29, 0.717) is 23.3 Å². The summed E-state index contributed by atoms with van der Waals surface area (Å²) in [6.45, 7) is 4.42. The molecule has 0 aliphatic heterocycles. The van der Waals surface area contributed by atoms with Gasteiger partial charge >= 0.3 is 0 Å². The first-order valence-electron chi connectivity index (χ1n) is 8.31. The fourth-order valence-corrected chi connectivity index (χ4v) is 3.10. The second-order valence-electron chi connectivity index (χ2n) is 6.00. The number of H-pyrrole nitrogens is 1. The van der Waals surface area contributed by atoms with Crippen LogP contribution in [0.15, 0.2) is 53.6 Å². The lowest BCUT2D eigenvalue weighted by Crippen LogP contribution is -2.37. The first-order valence-corrected chi connectivity index (χ1v) is 8.31. The molecule has 3 aromatic heterocycles. The molecule has 4 rings (SSSR count). The fraction of sp³-hybridized carbons (Fsp3) is 0.158. The molecule has 3 heterocycles. The topological polar surface area (TPSA) is 67.5 Å². The number of halogens is 1. The summed E-state index contributed by atoms with van der Waals surface area (Å²) in [7, 11) is 0. The van der Waals surface area contributed by atoms with Gasteiger partial charge in [0.15, 0.2) is 5.69 Å². The molecule has 0 amide bonds. The van der Waals surface area contributed by atoms with Gasteiger partial charge in [0, 0.05) is 41.9 Å².